The predicted molar refractivity (Wildman–Crippen MR) is 21.3 cm³/mol. The Kier molecular flexibility index (Phi) is 1.08. The van der Waals surface area contributed by atoms with E-state index in [1.54, 1.807) is 0 Å². The molecule has 0 amide bonds. The van der Waals surface area contributed by atoms with Gasteiger partial charge in [0.15, 0.2) is 0 Å². The van der Waals surface area contributed by atoms with Crippen LogP contribution in [0.3, 0.4) is 0 Å². The molecule has 1 heterocycles. The summed E-state index contributed by atoms with van der Waals surface area (Å²) in [7, 11) is 0. The van der Waals surface area contributed by atoms with E-state index < -0.39 is 0 Å². The van der Waals surface area contributed by atoms with Gasteiger partial charge in [0, 0.05) is 5.56 Å². The largest absolute Gasteiger partial charge is 0.391 e. The Morgan fingerprint density at radius 1 is 2.00 bits per heavy atom. The molecule has 1 aromatic heterocycles. The number of hydrogen-bond donors (Lipinski definition) is 1. The van der Waals surface area contributed by atoms with E-state index in [-0.39, 0.29) is 6.61 Å². The topological polar surface area (TPSA) is 46.3 Å². The Labute approximate surface area is 40.6 Å². The zero-order valence-corrected chi connectivity index (χ0v) is 3.59. The molecule has 0 aliphatic heterocycles. The Hall–Kier alpha value is -0.830. The summed E-state index contributed by atoms with van der Waals surface area (Å²) < 4.78 is 4.34. The predicted octanol–water partition coefficient (Wildman–Crippen LogP) is -0.0329. The number of aliphatic hydroxyl groups excluding tert-OH is 1. The normalized spacial score (nSPS) is 9.29. The van der Waals surface area contributed by atoms with Gasteiger partial charge in [-0.1, -0.05) is 5.16 Å². The monoisotopic (exact) mass is 98.0 g/mol. The lowest BCUT2D eigenvalue weighted by molar-refractivity contribution is 0.280. The highest BCUT2D eigenvalue weighted by Gasteiger charge is 1.88. The molecule has 0 atom stereocenters. The van der Waals surface area contributed by atoms with Crippen molar-refractivity contribution in [3.63, 3.8) is 0 Å². The Morgan fingerprint density at radius 3 is 3.14 bits per heavy atom. The maximum absolute atomic E-state index is 8.30. The Balaban J connectivity index is 2.76. The molecule has 0 saturated carbocycles. The van der Waals surface area contributed by atoms with Gasteiger partial charge in [0.25, 0.3) is 0 Å². The van der Waals surface area contributed by atoms with Crippen LogP contribution in [-0.4, -0.2) is 10.3 Å². The van der Waals surface area contributed by atoms with Crippen LogP contribution in [0.15, 0.2) is 10.8 Å². The summed E-state index contributed by atoms with van der Waals surface area (Å²) in [4.78, 5) is 0. The highest BCUT2D eigenvalue weighted by atomic mass is 16.5. The first kappa shape index (κ1) is 4.33. The minimum absolute atomic E-state index is 0.0521. The Bertz CT molecular complexity index is 124. The molecule has 1 N–H and O–H groups in total. The fraction of sp³-hybridized carbons (Fsp3) is 0.250. The maximum atomic E-state index is 8.30. The average molecular weight is 98.1 g/mol. The van der Waals surface area contributed by atoms with Crippen molar-refractivity contribution in [1.29, 1.82) is 0 Å². The molecule has 0 unspecified atom stereocenters. The molecular formula is C4H4NO2. The number of hydrogen-bond acceptors (Lipinski definition) is 3. The van der Waals surface area contributed by atoms with Crippen molar-refractivity contribution in [3.05, 3.63) is 18.0 Å². The van der Waals surface area contributed by atoms with E-state index in [4.69, 9.17) is 5.11 Å². The fourth-order valence-corrected chi connectivity index (χ4v) is 0.274. The summed E-state index contributed by atoms with van der Waals surface area (Å²) in [6.45, 7) is -0.0521. The van der Waals surface area contributed by atoms with E-state index in [0.717, 1.165) is 0 Å². The molecule has 3 nitrogen and oxygen atoms in total. The van der Waals surface area contributed by atoms with Crippen molar-refractivity contribution in [2.45, 2.75) is 6.61 Å². The lowest BCUT2D eigenvalue weighted by atomic mass is 10.4. The molecule has 0 fully saturated rings. The first-order valence-electron chi connectivity index (χ1n) is 1.85. The summed E-state index contributed by atoms with van der Waals surface area (Å²) in [5, 5.41) is 11.5. The minimum Gasteiger partial charge on any atom is -0.391 e. The van der Waals surface area contributed by atoms with E-state index in [1.165, 1.54) is 6.26 Å². The van der Waals surface area contributed by atoms with Gasteiger partial charge in [-0.2, -0.15) is 0 Å². The second-order valence-electron chi connectivity index (χ2n) is 1.11. The molecule has 0 aliphatic carbocycles. The number of rotatable bonds is 1. The second kappa shape index (κ2) is 1.75. The molecular weight excluding hydrogens is 94.0 g/mol. The first-order chi connectivity index (χ1) is 3.43. The molecule has 0 spiro atoms. The van der Waals surface area contributed by atoms with Crippen LogP contribution in [0.5, 0.6) is 0 Å². The lowest BCUT2D eigenvalue weighted by Crippen LogP contribution is -1.73. The van der Waals surface area contributed by atoms with Crippen molar-refractivity contribution in [1.82, 2.24) is 5.16 Å². The molecule has 3 heteroatoms. The molecule has 1 aromatic rings. The van der Waals surface area contributed by atoms with Crippen molar-refractivity contribution < 1.29 is 9.63 Å². The highest BCUT2D eigenvalue weighted by molar-refractivity contribution is 4.94. The van der Waals surface area contributed by atoms with Gasteiger partial charge in [0.05, 0.1) is 6.61 Å². The number of aromatic nitrogens is 1. The van der Waals surface area contributed by atoms with Crippen molar-refractivity contribution >= 4 is 0 Å². The van der Waals surface area contributed by atoms with Crippen LogP contribution in [0.4, 0.5) is 0 Å². The second-order valence-corrected chi connectivity index (χ2v) is 1.11. The Morgan fingerprint density at radius 2 is 2.86 bits per heavy atom. The summed E-state index contributed by atoms with van der Waals surface area (Å²) in [6, 6.07) is 0. The molecule has 1 radical (unpaired) electrons. The molecule has 0 saturated heterocycles. The van der Waals surface area contributed by atoms with E-state index in [2.05, 4.69) is 15.9 Å². The molecule has 0 bridgehead atoms. The lowest BCUT2D eigenvalue weighted by Gasteiger charge is -1.74. The van der Waals surface area contributed by atoms with E-state index in [9.17, 15) is 0 Å². The quantitative estimate of drug-likeness (QED) is 0.536. The molecule has 0 aromatic carbocycles. The first-order valence-corrected chi connectivity index (χ1v) is 1.85. The number of aliphatic hydroxyl groups is 1. The van der Waals surface area contributed by atoms with Crippen LogP contribution in [0.25, 0.3) is 0 Å². The third kappa shape index (κ3) is 0.778. The average Bonchev–Trinajstić information content (AvgIpc) is 2.14. The van der Waals surface area contributed by atoms with Gasteiger partial charge < -0.3 is 9.63 Å². The van der Waals surface area contributed by atoms with Gasteiger partial charge in [-0.3, -0.25) is 0 Å². The van der Waals surface area contributed by atoms with Gasteiger partial charge >= 0.3 is 0 Å². The van der Waals surface area contributed by atoms with Crippen LogP contribution in [-0.2, 0) is 6.61 Å². The van der Waals surface area contributed by atoms with Crippen LogP contribution in [0.2, 0.25) is 0 Å². The third-order valence-corrected chi connectivity index (χ3v) is 0.607. The summed E-state index contributed by atoms with van der Waals surface area (Å²) in [5.41, 5.74) is 0.583. The van der Waals surface area contributed by atoms with Crippen LogP contribution in [0, 0.1) is 6.20 Å². The highest BCUT2D eigenvalue weighted by Crippen LogP contribution is 1.91. The maximum Gasteiger partial charge on any atom is 0.141 e. The summed E-state index contributed by atoms with van der Waals surface area (Å²) >= 11 is 0. The van der Waals surface area contributed by atoms with Gasteiger partial charge in [0.2, 0.25) is 0 Å². The minimum atomic E-state index is -0.0521. The van der Waals surface area contributed by atoms with Crippen LogP contribution < -0.4 is 0 Å². The molecule has 37 valence electrons. The van der Waals surface area contributed by atoms with E-state index >= 15 is 0 Å². The van der Waals surface area contributed by atoms with E-state index in [1.807, 2.05) is 0 Å². The fourth-order valence-electron chi connectivity index (χ4n) is 0.274. The SMILES string of the molecule is OCc1[c]noc1. The standard InChI is InChI=1S/C4H4NO2/c6-2-4-1-5-7-3-4/h3,6H,2H2. The van der Waals surface area contributed by atoms with Crippen molar-refractivity contribution in [3.8, 4) is 0 Å². The molecule has 0 aliphatic rings. The smallest absolute Gasteiger partial charge is 0.141 e. The third-order valence-electron chi connectivity index (χ3n) is 0.607. The van der Waals surface area contributed by atoms with Gasteiger partial charge in [-0.25, -0.2) is 0 Å². The number of nitrogens with zero attached hydrogens (tertiary/aromatic N) is 1. The van der Waals surface area contributed by atoms with Crippen molar-refractivity contribution in [2.24, 2.45) is 0 Å². The van der Waals surface area contributed by atoms with Gasteiger partial charge in [-0.05, 0) is 0 Å². The summed E-state index contributed by atoms with van der Waals surface area (Å²) in [5.74, 6) is 0. The zero-order chi connectivity index (χ0) is 5.11. The van der Waals surface area contributed by atoms with Crippen LogP contribution >= 0.6 is 0 Å². The molecule has 1 rings (SSSR count). The van der Waals surface area contributed by atoms with Crippen molar-refractivity contribution in [2.75, 3.05) is 0 Å². The molecule has 7 heavy (non-hydrogen) atoms. The van der Waals surface area contributed by atoms with E-state index in [0.29, 0.717) is 5.56 Å². The zero-order valence-electron chi connectivity index (χ0n) is 3.59. The summed E-state index contributed by atoms with van der Waals surface area (Å²) in [6.07, 6.45) is 3.77. The van der Waals surface area contributed by atoms with Crippen LogP contribution in [0.1, 0.15) is 5.56 Å². The van der Waals surface area contributed by atoms with Gasteiger partial charge in [0.1, 0.15) is 12.5 Å². The van der Waals surface area contributed by atoms with Gasteiger partial charge in [-0.15, -0.1) is 0 Å².